The first-order valence-electron chi connectivity index (χ1n) is 10.6. The summed E-state index contributed by atoms with van der Waals surface area (Å²) < 4.78 is 18.7. The number of benzene rings is 1. The van der Waals surface area contributed by atoms with Crippen molar-refractivity contribution >= 4 is 29.2 Å². The molecule has 34 heavy (non-hydrogen) atoms. The van der Waals surface area contributed by atoms with Crippen molar-refractivity contribution in [2.24, 2.45) is 0 Å². The second-order valence-electron chi connectivity index (χ2n) is 8.00. The minimum absolute atomic E-state index is 0.0819. The lowest BCUT2D eigenvalue weighted by Crippen LogP contribution is -2.29. The van der Waals surface area contributed by atoms with Crippen LogP contribution in [0.3, 0.4) is 0 Å². The number of carbonyl (C=O) groups is 3. The van der Waals surface area contributed by atoms with Gasteiger partial charge < -0.3 is 19.9 Å². The first-order chi connectivity index (χ1) is 16.1. The fourth-order valence-electron chi connectivity index (χ4n) is 4.21. The Morgan fingerprint density at radius 3 is 2.50 bits per heavy atom. The van der Waals surface area contributed by atoms with Crippen LogP contribution in [-0.2, 0) is 9.59 Å². The molecule has 2 amide bonds. The number of aromatic amines is 1. The molecule has 0 spiro atoms. The Hall–Kier alpha value is -4.21. The summed E-state index contributed by atoms with van der Waals surface area (Å²) in [7, 11) is 0. The number of Topliss-reactive ketones (excluding diaryl/α,β-unsaturated/α-hetero) is 1. The van der Waals surface area contributed by atoms with Crippen LogP contribution < -0.4 is 10.2 Å². The zero-order valence-corrected chi connectivity index (χ0v) is 19.0. The number of nitrogens with zero attached hydrogens (tertiary/aromatic N) is 2. The van der Waals surface area contributed by atoms with Gasteiger partial charge in [0.05, 0.1) is 11.6 Å². The van der Waals surface area contributed by atoms with Gasteiger partial charge in [0.1, 0.15) is 23.0 Å². The molecule has 0 aliphatic carbocycles. The van der Waals surface area contributed by atoms with E-state index in [2.05, 4.69) is 15.5 Å². The molecule has 0 saturated carbocycles. The number of hydrogen-bond acceptors (Lipinski definition) is 6. The van der Waals surface area contributed by atoms with Gasteiger partial charge in [-0.1, -0.05) is 17.3 Å². The van der Waals surface area contributed by atoms with Crippen molar-refractivity contribution in [2.75, 3.05) is 11.4 Å². The van der Waals surface area contributed by atoms with Gasteiger partial charge in [-0.15, -0.1) is 0 Å². The average molecular weight is 466 g/mol. The standard InChI is InChI=1S/C24H23FN4O5/c1-5-26-23(32)19-12(3)17(13(4)27-19)21(30)18-20(14-6-8-15(25)9-7-14)29(24(33)22(18)31)16-10-11(2)34-28-16/h6-10,20,27,30H,5H2,1-4H3,(H,26,32)/b21-18+. The van der Waals surface area contributed by atoms with Crippen LogP contribution in [0, 0.1) is 26.6 Å². The van der Waals surface area contributed by atoms with Crippen LogP contribution >= 0.6 is 0 Å². The maximum Gasteiger partial charge on any atom is 0.301 e. The van der Waals surface area contributed by atoms with E-state index < -0.39 is 29.3 Å². The number of rotatable bonds is 5. The monoisotopic (exact) mass is 466 g/mol. The third-order valence-corrected chi connectivity index (χ3v) is 5.73. The SMILES string of the molecule is CCNC(=O)c1[nH]c(C)c(/C(O)=C2\C(=O)C(=O)N(c3cc(C)on3)C2c2ccc(F)cc2)c1C. The van der Waals surface area contributed by atoms with Crippen molar-refractivity contribution in [3.8, 4) is 0 Å². The van der Waals surface area contributed by atoms with Crippen molar-refractivity contribution in [1.29, 1.82) is 0 Å². The number of carbonyl (C=O) groups excluding carboxylic acids is 3. The minimum atomic E-state index is -1.09. The van der Waals surface area contributed by atoms with Gasteiger partial charge in [-0.05, 0) is 51.0 Å². The summed E-state index contributed by atoms with van der Waals surface area (Å²) in [4.78, 5) is 42.8. The highest BCUT2D eigenvalue weighted by Crippen LogP contribution is 2.43. The van der Waals surface area contributed by atoms with E-state index in [1.807, 2.05) is 0 Å². The van der Waals surface area contributed by atoms with Crippen molar-refractivity contribution in [3.05, 3.63) is 75.6 Å². The van der Waals surface area contributed by atoms with Crippen LogP contribution in [0.1, 0.15) is 51.6 Å². The molecule has 3 aromatic rings. The van der Waals surface area contributed by atoms with E-state index in [0.29, 0.717) is 29.1 Å². The molecule has 9 nitrogen and oxygen atoms in total. The normalized spacial score (nSPS) is 17.4. The number of hydrogen-bond donors (Lipinski definition) is 3. The number of anilines is 1. The van der Waals surface area contributed by atoms with Crippen LogP contribution in [0.25, 0.3) is 5.76 Å². The number of aryl methyl sites for hydroxylation is 2. The van der Waals surface area contributed by atoms with Gasteiger partial charge in [0.2, 0.25) is 0 Å². The molecule has 3 N–H and O–H groups in total. The topological polar surface area (TPSA) is 129 Å². The highest BCUT2D eigenvalue weighted by molar-refractivity contribution is 6.51. The summed E-state index contributed by atoms with van der Waals surface area (Å²) in [5.74, 6) is -2.67. The van der Waals surface area contributed by atoms with Gasteiger partial charge >= 0.3 is 5.91 Å². The van der Waals surface area contributed by atoms with E-state index in [1.165, 1.54) is 30.3 Å². The fraction of sp³-hybridized carbons (Fsp3) is 0.250. The first-order valence-corrected chi connectivity index (χ1v) is 10.6. The third kappa shape index (κ3) is 3.66. The predicted molar refractivity (Wildman–Crippen MR) is 121 cm³/mol. The number of amides is 2. The van der Waals surface area contributed by atoms with E-state index in [0.717, 1.165) is 4.90 Å². The second kappa shape index (κ2) is 8.62. The molecule has 2 aromatic heterocycles. The lowest BCUT2D eigenvalue weighted by molar-refractivity contribution is -0.132. The van der Waals surface area contributed by atoms with E-state index in [4.69, 9.17) is 4.52 Å². The molecule has 0 radical (unpaired) electrons. The van der Waals surface area contributed by atoms with Gasteiger partial charge in [0, 0.05) is 23.9 Å². The lowest BCUT2D eigenvalue weighted by Gasteiger charge is -2.22. The highest BCUT2D eigenvalue weighted by Gasteiger charge is 2.48. The van der Waals surface area contributed by atoms with Gasteiger partial charge in [-0.2, -0.15) is 0 Å². The quantitative estimate of drug-likeness (QED) is 0.300. The predicted octanol–water partition coefficient (Wildman–Crippen LogP) is 3.44. The van der Waals surface area contributed by atoms with Crippen LogP contribution in [0.4, 0.5) is 10.2 Å². The molecule has 1 unspecified atom stereocenters. The molecule has 176 valence electrons. The number of aliphatic hydroxyl groups is 1. The Morgan fingerprint density at radius 2 is 1.91 bits per heavy atom. The zero-order chi connectivity index (χ0) is 24.7. The first kappa shape index (κ1) is 23.0. The fourth-order valence-corrected chi connectivity index (χ4v) is 4.21. The molecule has 1 fully saturated rings. The Kier molecular flexibility index (Phi) is 5.82. The van der Waals surface area contributed by atoms with Gasteiger partial charge in [-0.3, -0.25) is 19.3 Å². The molecule has 4 rings (SSSR count). The average Bonchev–Trinajstić information content (AvgIpc) is 3.43. The Bertz CT molecular complexity index is 1340. The molecule has 3 heterocycles. The van der Waals surface area contributed by atoms with Crippen molar-refractivity contribution < 1.29 is 28.4 Å². The van der Waals surface area contributed by atoms with Crippen LogP contribution in [0.2, 0.25) is 0 Å². The number of nitrogens with one attached hydrogen (secondary N) is 2. The maximum atomic E-state index is 13.6. The van der Waals surface area contributed by atoms with E-state index in [-0.39, 0.29) is 28.6 Å². The molecule has 10 heteroatoms. The Balaban J connectivity index is 1.95. The molecule has 1 aliphatic rings. The largest absolute Gasteiger partial charge is 0.507 e. The van der Waals surface area contributed by atoms with E-state index in [1.54, 1.807) is 27.7 Å². The van der Waals surface area contributed by atoms with Crippen LogP contribution in [-0.4, -0.2) is 39.4 Å². The van der Waals surface area contributed by atoms with E-state index in [9.17, 15) is 23.9 Å². The van der Waals surface area contributed by atoms with Gasteiger partial charge in [0.15, 0.2) is 5.82 Å². The number of H-pyrrole nitrogens is 1. The maximum absolute atomic E-state index is 13.6. The third-order valence-electron chi connectivity index (χ3n) is 5.73. The summed E-state index contributed by atoms with van der Waals surface area (Å²) in [6.07, 6.45) is 0. The second-order valence-corrected chi connectivity index (χ2v) is 8.00. The summed E-state index contributed by atoms with van der Waals surface area (Å²) in [5, 5.41) is 17.9. The number of ketones is 1. The van der Waals surface area contributed by atoms with Crippen molar-refractivity contribution in [1.82, 2.24) is 15.5 Å². The molecule has 1 atom stereocenters. The summed E-state index contributed by atoms with van der Waals surface area (Å²) in [6.45, 7) is 7.10. The van der Waals surface area contributed by atoms with Crippen LogP contribution in [0.15, 0.2) is 40.4 Å². The van der Waals surface area contributed by atoms with E-state index >= 15 is 0 Å². The van der Waals surface area contributed by atoms with Gasteiger partial charge in [-0.25, -0.2) is 4.39 Å². The zero-order valence-electron chi connectivity index (χ0n) is 19.0. The Labute approximate surface area is 194 Å². The number of aromatic nitrogens is 2. The summed E-state index contributed by atoms with van der Waals surface area (Å²) in [5.41, 5.74) is 1.52. The molecule has 1 saturated heterocycles. The molecule has 1 aromatic carbocycles. The lowest BCUT2D eigenvalue weighted by atomic mass is 9.94. The van der Waals surface area contributed by atoms with Crippen molar-refractivity contribution in [2.45, 2.75) is 33.7 Å². The Morgan fingerprint density at radius 1 is 1.24 bits per heavy atom. The summed E-state index contributed by atoms with van der Waals surface area (Å²) in [6, 6.07) is 5.65. The number of aliphatic hydroxyl groups excluding tert-OH is 1. The summed E-state index contributed by atoms with van der Waals surface area (Å²) >= 11 is 0. The smallest absolute Gasteiger partial charge is 0.301 e. The van der Waals surface area contributed by atoms with Gasteiger partial charge in [0.25, 0.3) is 11.7 Å². The van der Waals surface area contributed by atoms with Crippen LogP contribution in [0.5, 0.6) is 0 Å². The minimum Gasteiger partial charge on any atom is -0.507 e. The molecular formula is C24H23FN4O5. The highest BCUT2D eigenvalue weighted by atomic mass is 19.1. The molecule has 0 bridgehead atoms. The molecule has 1 aliphatic heterocycles. The molecular weight excluding hydrogens is 443 g/mol. The number of halogens is 1. The van der Waals surface area contributed by atoms with Crippen molar-refractivity contribution in [3.63, 3.8) is 0 Å².